The molecule has 3 rings (SSSR count). The molecule has 1 aliphatic heterocycles. The van der Waals surface area contributed by atoms with Gasteiger partial charge >= 0.3 is 0 Å². The van der Waals surface area contributed by atoms with E-state index in [1.807, 2.05) is 6.07 Å². The van der Waals surface area contributed by atoms with Crippen molar-refractivity contribution in [1.82, 2.24) is 4.90 Å². The number of nitrogens with zero attached hydrogens (tertiary/aromatic N) is 1. The fraction of sp³-hybridized carbons (Fsp3) is 0.600. The molecule has 2 nitrogen and oxygen atoms in total. The number of nitrogens with two attached hydrogens (primary N) is 1. The highest BCUT2D eigenvalue weighted by molar-refractivity contribution is 9.10. The summed E-state index contributed by atoms with van der Waals surface area (Å²) in [6.07, 6.45) is 6.28. The Kier molecular flexibility index (Phi) is 4.18. The molecule has 4 heteroatoms. The monoisotopic (exact) mass is 342 g/mol. The number of hydrogen-bond donors (Lipinski definition) is 1. The molecule has 2 N–H and O–H groups in total. The van der Waals surface area contributed by atoms with Gasteiger partial charge in [-0.05, 0) is 65.9 Å². The van der Waals surface area contributed by atoms with Gasteiger partial charge < -0.3 is 5.73 Å². The van der Waals surface area contributed by atoms with Crippen LogP contribution < -0.4 is 5.73 Å². The lowest BCUT2D eigenvalue weighted by molar-refractivity contribution is 0.175. The molecule has 2 unspecified atom stereocenters. The second kappa shape index (κ2) is 5.72. The van der Waals surface area contributed by atoms with Crippen LogP contribution in [0.25, 0.3) is 0 Å². The zero-order chi connectivity index (χ0) is 13.4. The molecule has 1 aliphatic carbocycles. The summed E-state index contributed by atoms with van der Waals surface area (Å²) in [7, 11) is 0. The van der Waals surface area contributed by atoms with Crippen molar-refractivity contribution in [2.24, 2.45) is 5.73 Å². The molecule has 2 fully saturated rings. The summed E-state index contributed by atoms with van der Waals surface area (Å²) in [5, 5.41) is 0.782. The normalized spacial score (nSPS) is 29.2. The fourth-order valence-corrected chi connectivity index (χ4v) is 3.60. The van der Waals surface area contributed by atoms with E-state index >= 15 is 0 Å². The number of likely N-dealkylation sites (tertiary alicyclic amines) is 1. The molecule has 0 radical (unpaired) electrons. The third-order valence-corrected chi connectivity index (χ3v) is 5.50. The molecule has 0 spiro atoms. The molecule has 0 bridgehead atoms. The second-order valence-corrected chi connectivity index (χ2v) is 7.01. The summed E-state index contributed by atoms with van der Waals surface area (Å²) in [6, 6.07) is 7.59. The summed E-state index contributed by atoms with van der Waals surface area (Å²) in [6.45, 7) is 1.18. The van der Waals surface area contributed by atoms with Gasteiger partial charge in [-0.15, -0.1) is 0 Å². The van der Waals surface area contributed by atoms with Crippen molar-refractivity contribution in [2.75, 3.05) is 6.54 Å². The van der Waals surface area contributed by atoms with Gasteiger partial charge in [0.2, 0.25) is 0 Å². The molecule has 1 saturated heterocycles. The molecule has 2 aliphatic rings. The van der Waals surface area contributed by atoms with Gasteiger partial charge in [-0.25, -0.2) is 0 Å². The van der Waals surface area contributed by atoms with Crippen LogP contribution in [0.2, 0.25) is 5.02 Å². The average molecular weight is 344 g/mol. The molecule has 1 saturated carbocycles. The zero-order valence-electron chi connectivity index (χ0n) is 11.0. The summed E-state index contributed by atoms with van der Waals surface area (Å²) in [5.41, 5.74) is 7.73. The standard InChI is InChI=1S/C15H20BrClN2/c16-12-7-4-10(9-13(12)17)15-14(18)3-1-2-8-19(15)11-5-6-11/h4,7,9,11,14-15H,1-3,5-6,8,18H2. The molecule has 104 valence electrons. The topological polar surface area (TPSA) is 29.3 Å². The third kappa shape index (κ3) is 2.99. The van der Waals surface area contributed by atoms with Gasteiger partial charge in [0.05, 0.1) is 11.1 Å². The molecule has 2 atom stereocenters. The fourth-order valence-electron chi connectivity index (χ4n) is 3.17. The largest absolute Gasteiger partial charge is 0.326 e. The Morgan fingerprint density at radius 3 is 2.68 bits per heavy atom. The minimum Gasteiger partial charge on any atom is -0.326 e. The van der Waals surface area contributed by atoms with Gasteiger partial charge in [-0.2, -0.15) is 0 Å². The van der Waals surface area contributed by atoms with Crippen LogP contribution in [0, 0.1) is 0 Å². The van der Waals surface area contributed by atoms with E-state index < -0.39 is 0 Å². The van der Waals surface area contributed by atoms with Crippen molar-refractivity contribution in [3.63, 3.8) is 0 Å². The summed E-state index contributed by atoms with van der Waals surface area (Å²) in [4.78, 5) is 2.62. The highest BCUT2D eigenvalue weighted by atomic mass is 79.9. The van der Waals surface area contributed by atoms with Gasteiger partial charge in [0, 0.05) is 16.6 Å². The first-order valence-corrected chi connectivity index (χ1v) is 8.30. The Labute approximate surface area is 128 Å². The minimum absolute atomic E-state index is 0.223. The number of halogens is 2. The van der Waals surface area contributed by atoms with E-state index in [-0.39, 0.29) is 6.04 Å². The van der Waals surface area contributed by atoms with E-state index in [0.717, 1.165) is 22.0 Å². The number of hydrogen-bond acceptors (Lipinski definition) is 2. The highest BCUT2D eigenvalue weighted by Crippen LogP contribution is 2.39. The first kappa shape index (κ1) is 13.9. The predicted octanol–water partition coefficient (Wildman–Crippen LogP) is 4.12. The lowest BCUT2D eigenvalue weighted by atomic mass is 9.96. The van der Waals surface area contributed by atoms with E-state index in [1.165, 1.54) is 37.8 Å². The van der Waals surface area contributed by atoms with Crippen molar-refractivity contribution >= 4 is 27.5 Å². The quantitative estimate of drug-likeness (QED) is 0.875. The van der Waals surface area contributed by atoms with Crippen LogP contribution >= 0.6 is 27.5 Å². The van der Waals surface area contributed by atoms with E-state index in [0.29, 0.717) is 6.04 Å². The van der Waals surface area contributed by atoms with Crippen molar-refractivity contribution in [3.05, 3.63) is 33.3 Å². The van der Waals surface area contributed by atoms with Gasteiger partial charge in [0.1, 0.15) is 0 Å². The highest BCUT2D eigenvalue weighted by Gasteiger charge is 2.38. The third-order valence-electron chi connectivity index (χ3n) is 4.27. The number of rotatable bonds is 2. The Morgan fingerprint density at radius 1 is 1.21 bits per heavy atom. The Bertz CT molecular complexity index is 461. The second-order valence-electron chi connectivity index (χ2n) is 5.75. The maximum absolute atomic E-state index is 6.46. The van der Waals surface area contributed by atoms with Crippen molar-refractivity contribution in [1.29, 1.82) is 0 Å². The molecule has 0 aromatic heterocycles. The van der Waals surface area contributed by atoms with Crippen LogP contribution in [0.5, 0.6) is 0 Å². The van der Waals surface area contributed by atoms with E-state index in [4.69, 9.17) is 17.3 Å². The van der Waals surface area contributed by atoms with Crippen LogP contribution in [0.15, 0.2) is 22.7 Å². The minimum atomic E-state index is 0.223. The van der Waals surface area contributed by atoms with Crippen LogP contribution in [-0.4, -0.2) is 23.5 Å². The SMILES string of the molecule is NC1CCCCN(C2CC2)C1c1ccc(Br)c(Cl)c1. The Hall–Kier alpha value is -0.0900. The van der Waals surface area contributed by atoms with Crippen LogP contribution in [0.1, 0.15) is 43.7 Å². The lowest BCUT2D eigenvalue weighted by Crippen LogP contribution is -2.41. The average Bonchev–Trinajstić information content (AvgIpc) is 3.20. The Morgan fingerprint density at radius 2 is 2.00 bits per heavy atom. The summed E-state index contributed by atoms with van der Waals surface area (Å²) < 4.78 is 0.957. The van der Waals surface area contributed by atoms with Crippen molar-refractivity contribution in [3.8, 4) is 0 Å². The van der Waals surface area contributed by atoms with Gasteiger partial charge in [-0.3, -0.25) is 4.90 Å². The first-order chi connectivity index (χ1) is 9.16. The summed E-state index contributed by atoms with van der Waals surface area (Å²) in [5.74, 6) is 0. The molecule has 1 heterocycles. The van der Waals surface area contributed by atoms with E-state index in [2.05, 4.69) is 33.0 Å². The van der Waals surface area contributed by atoms with Crippen LogP contribution in [0.3, 0.4) is 0 Å². The lowest BCUT2D eigenvalue weighted by Gasteiger charge is -2.34. The van der Waals surface area contributed by atoms with E-state index in [9.17, 15) is 0 Å². The van der Waals surface area contributed by atoms with Gasteiger partial charge in [0.25, 0.3) is 0 Å². The van der Waals surface area contributed by atoms with Crippen LogP contribution in [0.4, 0.5) is 0 Å². The van der Waals surface area contributed by atoms with Crippen LogP contribution in [-0.2, 0) is 0 Å². The van der Waals surface area contributed by atoms with Crippen molar-refractivity contribution < 1.29 is 0 Å². The van der Waals surface area contributed by atoms with Gasteiger partial charge in [0.15, 0.2) is 0 Å². The molecule has 19 heavy (non-hydrogen) atoms. The maximum atomic E-state index is 6.46. The molecule has 0 amide bonds. The maximum Gasteiger partial charge on any atom is 0.0551 e. The smallest absolute Gasteiger partial charge is 0.0551 e. The van der Waals surface area contributed by atoms with Crippen molar-refractivity contribution in [2.45, 2.75) is 50.2 Å². The molecular weight excluding hydrogens is 324 g/mol. The predicted molar refractivity (Wildman–Crippen MR) is 83.4 cm³/mol. The summed E-state index contributed by atoms with van der Waals surface area (Å²) >= 11 is 9.72. The first-order valence-electron chi connectivity index (χ1n) is 7.13. The molecule has 1 aromatic carbocycles. The Balaban J connectivity index is 1.93. The van der Waals surface area contributed by atoms with E-state index in [1.54, 1.807) is 0 Å². The molecular formula is C15H20BrClN2. The molecule has 1 aromatic rings. The zero-order valence-corrected chi connectivity index (χ0v) is 13.3. The number of benzene rings is 1. The van der Waals surface area contributed by atoms with Gasteiger partial charge in [-0.1, -0.05) is 24.1 Å².